The summed E-state index contributed by atoms with van der Waals surface area (Å²) in [5.74, 6) is 1.07. The largest absolute Gasteiger partial charge is 0.493 e. The molecule has 1 aliphatic heterocycles. The third-order valence-corrected chi connectivity index (χ3v) is 5.47. The first kappa shape index (κ1) is 16.8. The fourth-order valence-corrected chi connectivity index (χ4v) is 4.22. The molecule has 130 valence electrons. The fraction of sp³-hybridized carbons (Fsp3) is 0.579. The number of primary amides is 1. The Kier molecular flexibility index (Phi) is 4.78. The number of benzene rings is 1. The second-order valence-corrected chi connectivity index (χ2v) is 6.72. The number of amides is 1. The van der Waals surface area contributed by atoms with E-state index in [1.54, 1.807) is 14.2 Å². The van der Waals surface area contributed by atoms with E-state index in [1.165, 1.54) is 18.6 Å². The molecule has 0 bridgehead atoms. The lowest BCUT2D eigenvalue weighted by Crippen LogP contribution is -2.38. The molecular formula is C19H27N2O3+. The molecule has 1 heterocycles. The minimum Gasteiger partial charge on any atom is -0.493 e. The molecule has 3 rings (SSSR count). The normalized spacial score (nSPS) is 21.4. The second kappa shape index (κ2) is 6.83. The molecule has 2 N–H and O–H groups in total. The SMILES string of the molecule is COc1ccc2c(c1OC)CCC(=[N+]1CCCC1)C2C(C)C(N)=O. The average molecular weight is 331 g/mol. The van der Waals surface area contributed by atoms with Gasteiger partial charge in [0.1, 0.15) is 13.1 Å². The maximum absolute atomic E-state index is 12.0. The molecule has 2 aliphatic rings. The highest BCUT2D eigenvalue weighted by Gasteiger charge is 2.40. The summed E-state index contributed by atoms with van der Waals surface area (Å²) in [4.78, 5) is 12.0. The van der Waals surface area contributed by atoms with Crippen molar-refractivity contribution in [1.29, 1.82) is 0 Å². The molecule has 1 aromatic carbocycles. The predicted molar refractivity (Wildman–Crippen MR) is 93.2 cm³/mol. The zero-order chi connectivity index (χ0) is 17.3. The lowest BCUT2D eigenvalue weighted by molar-refractivity contribution is -0.509. The molecule has 1 aromatic rings. The van der Waals surface area contributed by atoms with E-state index in [1.807, 2.05) is 13.0 Å². The molecule has 0 aromatic heterocycles. The minimum atomic E-state index is -0.251. The van der Waals surface area contributed by atoms with Crippen molar-refractivity contribution in [2.24, 2.45) is 11.7 Å². The van der Waals surface area contributed by atoms with Gasteiger partial charge in [-0.25, -0.2) is 4.58 Å². The van der Waals surface area contributed by atoms with Crippen molar-refractivity contribution in [2.45, 2.75) is 38.5 Å². The minimum absolute atomic E-state index is 0.0316. The highest BCUT2D eigenvalue weighted by Crippen LogP contribution is 2.43. The number of rotatable bonds is 4. The fourth-order valence-electron chi connectivity index (χ4n) is 4.22. The third kappa shape index (κ3) is 2.76. The molecule has 1 saturated heterocycles. The maximum Gasteiger partial charge on any atom is 0.221 e. The van der Waals surface area contributed by atoms with Gasteiger partial charge < -0.3 is 15.2 Å². The standard InChI is InChI=1S/C19H26N2O3/c1-12(19(20)22)17-13-7-9-16(23-2)18(24-3)14(13)6-8-15(17)21-10-4-5-11-21/h7,9,12,17H,4-6,8,10-11H2,1-3H3,(H-,20,22)/p+1. The first-order valence-electron chi connectivity index (χ1n) is 8.72. The summed E-state index contributed by atoms with van der Waals surface area (Å²) in [6.07, 6.45) is 4.29. The molecule has 2 atom stereocenters. The van der Waals surface area contributed by atoms with Crippen LogP contribution in [0.25, 0.3) is 0 Å². The molecule has 5 heteroatoms. The summed E-state index contributed by atoms with van der Waals surface area (Å²) in [6, 6.07) is 4.02. The zero-order valence-electron chi connectivity index (χ0n) is 14.8. The van der Waals surface area contributed by atoms with Gasteiger partial charge in [-0.2, -0.15) is 0 Å². The summed E-state index contributed by atoms with van der Waals surface area (Å²) in [6.45, 7) is 4.11. The van der Waals surface area contributed by atoms with Crippen molar-refractivity contribution >= 4 is 11.6 Å². The Morgan fingerprint density at radius 1 is 1.21 bits per heavy atom. The molecule has 1 fully saturated rings. The highest BCUT2D eigenvalue weighted by molar-refractivity contribution is 5.94. The van der Waals surface area contributed by atoms with Gasteiger partial charge in [0.15, 0.2) is 17.2 Å². The van der Waals surface area contributed by atoms with Crippen molar-refractivity contribution in [3.8, 4) is 11.5 Å². The van der Waals surface area contributed by atoms with Crippen molar-refractivity contribution < 1.29 is 18.8 Å². The molecule has 24 heavy (non-hydrogen) atoms. The summed E-state index contributed by atoms with van der Waals surface area (Å²) < 4.78 is 13.5. The smallest absolute Gasteiger partial charge is 0.221 e. The summed E-state index contributed by atoms with van der Waals surface area (Å²) in [5.41, 5.74) is 9.35. The van der Waals surface area contributed by atoms with Gasteiger partial charge in [0.05, 0.1) is 26.1 Å². The van der Waals surface area contributed by atoms with Gasteiger partial charge in [0.2, 0.25) is 5.91 Å². The van der Waals surface area contributed by atoms with Crippen LogP contribution in [0.2, 0.25) is 0 Å². The molecule has 1 amide bonds. The molecule has 2 unspecified atom stereocenters. The van der Waals surface area contributed by atoms with Crippen LogP contribution in [-0.2, 0) is 11.2 Å². The lowest BCUT2D eigenvalue weighted by atomic mass is 9.74. The number of hydrogen-bond acceptors (Lipinski definition) is 3. The quantitative estimate of drug-likeness (QED) is 0.860. The number of methoxy groups -OCH3 is 2. The van der Waals surface area contributed by atoms with E-state index in [2.05, 4.69) is 10.6 Å². The monoisotopic (exact) mass is 331 g/mol. The van der Waals surface area contributed by atoms with Gasteiger partial charge in [0, 0.05) is 24.8 Å². The number of nitrogens with zero attached hydrogens (tertiary/aromatic N) is 1. The Morgan fingerprint density at radius 3 is 2.50 bits per heavy atom. The van der Waals surface area contributed by atoms with Crippen molar-refractivity contribution in [3.05, 3.63) is 23.3 Å². The molecule has 0 saturated carbocycles. The maximum atomic E-state index is 12.0. The van der Waals surface area contributed by atoms with Crippen LogP contribution < -0.4 is 15.2 Å². The van der Waals surface area contributed by atoms with E-state index in [4.69, 9.17) is 15.2 Å². The molecule has 0 spiro atoms. The topological polar surface area (TPSA) is 64.6 Å². The molecule has 5 nitrogen and oxygen atoms in total. The van der Waals surface area contributed by atoms with Crippen LogP contribution in [-0.4, -0.2) is 43.5 Å². The molecule has 0 radical (unpaired) electrons. The van der Waals surface area contributed by atoms with Gasteiger partial charge in [-0.15, -0.1) is 0 Å². The van der Waals surface area contributed by atoms with E-state index in [0.29, 0.717) is 0 Å². The van der Waals surface area contributed by atoms with Crippen LogP contribution in [0.15, 0.2) is 12.1 Å². The van der Waals surface area contributed by atoms with Crippen LogP contribution in [0.1, 0.15) is 43.2 Å². The van der Waals surface area contributed by atoms with Crippen molar-refractivity contribution in [1.82, 2.24) is 0 Å². The van der Waals surface area contributed by atoms with Crippen LogP contribution in [0.5, 0.6) is 11.5 Å². The number of hydrogen-bond donors (Lipinski definition) is 1. The Balaban J connectivity index is 2.16. The van der Waals surface area contributed by atoms with Gasteiger partial charge in [0.25, 0.3) is 0 Å². The van der Waals surface area contributed by atoms with Crippen molar-refractivity contribution in [3.63, 3.8) is 0 Å². The average Bonchev–Trinajstić information content (AvgIpc) is 3.13. The summed E-state index contributed by atoms with van der Waals surface area (Å²) in [5, 5.41) is 0. The first-order chi connectivity index (χ1) is 11.6. The van der Waals surface area contributed by atoms with Crippen LogP contribution >= 0.6 is 0 Å². The van der Waals surface area contributed by atoms with Crippen LogP contribution in [0, 0.1) is 5.92 Å². The van der Waals surface area contributed by atoms with E-state index >= 15 is 0 Å². The van der Waals surface area contributed by atoms with Gasteiger partial charge in [-0.05, 0) is 18.1 Å². The van der Waals surface area contributed by atoms with E-state index in [-0.39, 0.29) is 17.7 Å². The summed E-state index contributed by atoms with van der Waals surface area (Å²) in [7, 11) is 3.32. The Hall–Kier alpha value is -2.04. The van der Waals surface area contributed by atoms with Crippen LogP contribution in [0.3, 0.4) is 0 Å². The second-order valence-electron chi connectivity index (χ2n) is 6.72. The summed E-state index contributed by atoms with van der Waals surface area (Å²) >= 11 is 0. The Labute approximate surface area is 143 Å². The molecular weight excluding hydrogens is 304 g/mol. The van der Waals surface area contributed by atoms with Crippen molar-refractivity contribution in [2.75, 3.05) is 27.3 Å². The number of ether oxygens (including phenoxy) is 2. The predicted octanol–water partition coefficient (Wildman–Crippen LogP) is 2.10. The first-order valence-corrected chi connectivity index (χ1v) is 8.72. The van der Waals surface area contributed by atoms with E-state index < -0.39 is 0 Å². The lowest BCUT2D eigenvalue weighted by Gasteiger charge is -2.30. The Bertz CT molecular complexity index is 673. The number of carbonyl (C=O) groups excluding carboxylic acids is 1. The van der Waals surface area contributed by atoms with Crippen LogP contribution in [0.4, 0.5) is 0 Å². The number of fused-ring (bicyclic) bond motifs is 1. The highest BCUT2D eigenvalue weighted by atomic mass is 16.5. The van der Waals surface area contributed by atoms with Gasteiger partial charge in [-0.1, -0.05) is 13.0 Å². The van der Waals surface area contributed by atoms with E-state index in [0.717, 1.165) is 48.6 Å². The number of nitrogens with two attached hydrogens (primary N) is 1. The van der Waals surface area contributed by atoms with E-state index in [9.17, 15) is 4.79 Å². The Morgan fingerprint density at radius 2 is 1.92 bits per heavy atom. The molecule has 1 aliphatic carbocycles. The van der Waals surface area contributed by atoms with Gasteiger partial charge in [-0.3, -0.25) is 4.79 Å². The third-order valence-electron chi connectivity index (χ3n) is 5.47. The van der Waals surface area contributed by atoms with Gasteiger partial charge >= 0.3 is 0 Å². The number of carbonyl (C=O) groups is 1. The zero-order valence-corrected chi connectivity index (χ0v) is 14.8.